The lowest BCUT2D eigenvalue weighted by Gasteiger charge is -2.06. The summed E-state index contributed by atoms with van der Waals surface area (Å²) in [6.45, 7) is 0. The third-order valence-electron chi connectivity index (χ3n) is 3.04. The molecule has 0 fully saturated rings. The first-order valence-corrected chi connectivity index (χ1v) is 5.95. The fraction of sp³-hybridized carbons (Fsp3) is 0.0714. The zero-order valence-corrected chi connectivity index (χ0v) is 10.6. The average Bonchev–Trinajstić information content (AvgIpc) is 2.46. The second-order valence-corrected chi connectivity index (χ2v) is 4.22. The largest absolute Gasteiger partial charge is 0.497 e. The summed E-state index contributed by atoms with van der Waals surface area (Å²) < 4.78 is 5.10. The Morgan fingerprint density at radius 1 is 1.05 bits per heavy atom. The number of rotatable bonds is 2. The third kappa shape index (κ3) is 1.97. The van der Waals surface area contributed by atoms with Gasteiger partial charge in [0.15, 0.2) is 0 Å². The molecule has 0 saturated carbocycles. The maximum atomic E-state index is 12.0. The van der Waals surface area contributed by atoms with Gasteiger partial charge in [0.1, 0.15) is 11.4 Å². The molecule has 0 radical (unpaired) electrons. The van der Waals surface area contributed by atoms with Crippen LogP contribution in [0.2, 0.25) is 0 Å². The van der Waals surface area contributed by atoms with Crippen LogP contribution in [-0.2, 0) is 0 Å². The number of methoxy groups -OCH3 is 1. The maximum Gasteiger partial charge on any atom is 0.327 e. The lowest BCUT2D eigenvalue weighted by molar-refractivity contribution is 0.415. The number of aromatic nitrogens is 3. The number of pyridine rings is 1. The van der Waals surface area contributed by atoms with Crippen molar-refractivity contribution in [3.63, 3.8) is 0 Å². The van der Waals surface area contributed by atoms with Crippen LogP contribution in [0.4, 0.5) is 0 Å². The van der Waals surface area contributed by atoms with Gasteiger partial charge >= 0.3 is 5.69 Å². The Labute approximate surface area is 113 Å². The monoisotopic (exact) mass is 269 g/mol. The van der Waals surface area contributed by atoms with E-state index in [2.05, 4.69) is 15.0 Å². The first kappa shape index (κ1) is 12.2. The molecule has 2 heterocycles. The van der Waals surface area contributed by atoms with Crippen LogP contribution < -0.4 is 16.0 Å². The summed E-state index contributed by atoms with van der Waals surface area (Å²) in [6.07, 6.45) is 1.55. The van der Waals surface area contributed by atoms with Crippen molar-refractivity contribution in [2.24, 2.45) is 0 Å². The van der Waals surface area contributed by atoms with Crippen molar-refractivity contribution in [3.8, 4) is 16.9 Å². The molecule has 1 aromatic carbocycles. The molecule has 0 atom stereocenters. The van der Waals surface area contributed by atoms with E-state index < -0.39 is 11.2 Å². The molecule has 6 heteroatoms. The van der Waals surface area contributed by atoms with Gasteiger partial charge in [0.2, 0.25) is 0 Å². The van der Waals surface area contributed by atoms with E-state index in [1.807, 2.05) is 24.3 Å². The fourth-order valence-electron chi connectivity index (χ4n) is 2.10. The summed E-state index contributed by atoms with van der Waals surface area (Å²) in [6, 6.07) is 9.04. The molecule has 0 unspecified atom stereocenters. The molecule has 2 N–H and O–H groups in total. The number of fused-ring (bicyclic) bond motifs is 1. The standard InChI is InChI=1S/C14H11N3O3/c1-20-9-4-2-8(3-5-9)10-6-7-15-12-11(10)13(18)17-14(19)16-12/h2-7H,1H3,(H2,15,16,17,18,19). The summed E-state index contributed by atoms with van der Waals surface area (Å²) in [5.41, 5.74) is 0.794. The predicted molar refractivity (Wildman–Crippen MR) is 75.0 cm³/mol. The Hall–Kier alpha value is -2.89. The maximum absolute atomic E-state index is 12.0. The van der Waals surface area contributed by atoms with Gasteiger partial charge in [-0.15, -0.1) is 0 Å². The summed E-state index contributed by atoms with van der Waals surface area (Å²) >= 11 is 0. The fourth-order valence-corrected chi connectivity index (χ4v) is 2.10. The molecule has 2 aromatic heterocycles. The van der Waals surface area contributed by atoms with E-state index >= 15 is 0 Å². The number of benzene rings is 1. The van der Waals surface area contributed by atoms with Crippen molar-refractivity contribution in [2.75, 3.05) is 7.11 Å². The van der Waals surface area contributed by atoms with Crippen LogP contribution in [0.3, 0.4) is 0 Å². The predicted octanol–water partition coefficient (Wildman–Crippen LogP) is 1.29. The van der Waals surface area contributed by atoms with Gasteiger partial charge in [-0.25, -0.2) is 9.78 Å². The number of aromatic amines is 2. The van der Waals surface area contributed by atoms with E-state index in [9.17, 15) is 9.59 Å². The highest BCUT2D eigenvalue weighted by Gasteiger charge is 2.09. The molecule has 0 aliphatic carbocycles. The van der Waals surface area contributed by atoms with Crippen molar-refractivity contribution in [1.82, 2.24) is 15.0 Å². The summed E-state index contributed by atoms with van der Waals surface area (Å²) in [5, 5.41) is 0.359. The molecule has 0 aliphatic heterocycles. The molecular weight excluding hydrogens is 258 g/mol. The zero-order chi connectivity index (χ0) is 14.1. The highest BCUT2D eigenvalue weighted by Crippen LogP contribution is 2.25. The van der Waals surface area contributed by atoms with E-state index in [-0.39, 0.29) is 5.65 Å². The van der Waals surface area contributed by atoms with E-state index in [1.54, 1.807) is 19.4 Å². The minimum absolute atomic E-state index is 0.270. The highest BCUT2D eigenvalue weighted by atomic mass is 16.5. The first-order valence-electron chi connectivity index (χ1n) is 5.95. The molecule has 100 valence electrons. The van der Waals surface area contributed by atoms with Crippen molar-refractivity contribution < 1.29 is 4.74 Å². The second-order valence-electron chi connectivity index (χ2n) is 4.22. The van der Waals surface area contributed by atoms with Crippen molar-refractivity contribution in [1.29, 1.82) is 0 Å². The second kappa shape index (κ2) is 4.65. The molecule has 3 aromatic rings. The van der Waals surface area contributed by atoms with Gasteiger partial charge in [-0.05, 0) is 29.3 Å². The highest BCUT2D eigenvalue weighted by molar-refractivity contribution is 5.91. The van der Waals surface area contributed by atoms with Gasteiger partial charge in [0.05, 0.1) is 12.5 Å². The van der Waals surface area contributed by atoms with Gasteiger partial charge in [-0.2, -0.15) is 0 Å². The number of nitrogens with zero attached hydrogens (tertiary/aromatic N) is 1. The van der Waals surface area contributed by atoms with Crippen LogP contribution in [0.5, 0.6) is 5.75 Å². The third-order valence-corrected chi connectivity index (χ3v) is 3.04. The molecule has 3 rings (SSSR count). The SMILES string of the molecule is COc1ccc(-c2ccnc3[nH]c(=O)[nH]c(=O)c23)cc1. The minimum Gasteiger partial charge on any atom is -0.497 e. The zero-order valence-electron chi connectivity index (χ0n) is 10.6. The number of ether oxygens (including phenoxy) is 1. The average molecular weight is 269 g/mol. The lowest BCUT2D eigenvalue weighted by Crippen LogP contribution is -2.22. The number of H-pyrrole nitrogens is 2. The summed E-state index contributed by atoms with van der Waals surface area (Å²) in [7, 11) is 1.59. The van der Waals surface area contributed by atoms with E-state index in [1.165, 1.54) is 0 Å². The Kier molecular flexibility index (Phi) is 2.83. The number of hydrogen-bond acceptors (Lipinski definition) is 4. The van der Waals surface area contributed by atoms with Crippen LogP contribution in [0.1, 0.15) is 0 Å². The summed E-state index contributed by atoms with van der Waals surface area (Å²) in [4.78, 5) is 32.0. The van der Waals surface area contributed by atoms with Crippen LogP contribution in [0.15, 0.2) is 46.1 Å². The van der Waals surface area contributed by atoms with Crippen LogP contribution in [-0.4, -0.2) is 22.1 Å². The Morgan fingerprint density at radius 2 is 1.80 bits per heavy atom. The van der Waals surface area contributed by atoms with E-state index in [0.717, 1.165) is 11.3 Å². The van der Waals surface area contributed by atoms with E-state index in [0.29, 0.717) is 10.9 Å². The quantitative estimate of drug-likeness (QED) is 0.733. The van der Waals surface area contributed by atoms with E-state index in [4.69, 9.17) is 4.74 Å². The smallest absolute Gasteiger partial charge is 0.327 e. The van der Waals surface area contributed by atoms with Gasteiger partial charge in [-0.3, -0.25) is 14.8 Å². The van der Waals surface area contributed by atoms with Crippen molar-refractivity contribution in [2.45, 2.75) is 0 Å². The number of nitrogens with one attached hydrogen (secondary N) is 2. The van der Waals surface area contributed by atoms with Crippen LogP contribution in [0.25, 0.3) is 22.2 Å². The minimum atomic E-state index is -0.568. The topological polar surface area (TPSA) is 87.8 Å². The van der Waals surface area contributed by atoms with Crippen LogP contribution >= 0.6 is 0 Å². The Morgan fingerprint density at radius 3 is 2.50 bits per heavy atom. The van der Waals surface area contributed by atoms with Crippen LogP contribution in [0, 0.1) is 0 Å². The molecule has 0 amide bonds. The Bertz CT molecular complexity index is 879. The van der Waals surface area contributed by atoms with Gasteiger partial charge in [0.25, 0.3) is 5.56 Å². The normalized spacial score (nSPS) is 10.7. The number of hydrogen-bond donors (Lipinski definition) is 2. The Balaban J connectivity index is 2.30. The van der Waals surface area contributed by atoms with Gasteiger partial charge in [0, 0.05) is 6.20 Å². The molecule has 6 nitrogen and oxygen atoms in total. The van der Waals surface area contributed by atoms with Gasteiger partial charge < -0.3 is 4.74 Å². The molecule has 0 spiro atoms. The molecule has 20 heavy (non-hydrogen) atoms. The summed E-state index contributed by atoms with van der Waals surface area (Å²) in [5.74, 6) is 0.731. The lowest BCUT2D eigenvalue weighted by atomic mass is 10.0. The molecule has 0 saturated heterocycles. The molecule has 0 aliphatic rings. The molecule has 0 bridgehead atoms. The van der Waals surface area contributed by atoms with Gasteiger partial charge in [-0.1, -0.05) is 12.1 Å². The first-order chi connectivity index (χ1) is 9.69. The molecular formula is C14H11N3O3. The van der Waals surface area contributed by atoms with Crippen molar-refractivity contribution in [3.05, 3.63) is 57.4 Å². The van der Waals surface area contributed by atoms with Crippen molar-refractivity contribution >= 4 is 11.0 Å².